The lowest BCUT2D eigenvalue weighted by Gasteiger charge is -2.16. The number of carboxylic acids is 1. The number of carbonyl (C=O) groups is 1. The minimum atomic E-state index is -0.956. The molecule has 0 aliphatic carbocycles. The summed E-state index contributed by atoms with van der Waals surface area (Å²) in [4.78, 5) is 10.6. The molecule has 0 aromatic rings. The average molecular weight is 395 g/mol. The Morgan fingerprint density at radius 1 is 1.07 bits per heavy atom. The Kier molecular flexibility index (Phi) is 12.4. The first kappa shape index (κ1) is 24.3. The summed E-state index contributed by atoms with van der Waals surface area (Å²) in [6.45, 7) is 2.10. The maximum Gasteiger partial charge on any atom is 0.303 e. The normalized spacial score (nSPS) is 25.5. The Hall–Kier alpha value is -1.73. The highest BCUT2D eigenvalue weighted by atomic mass is 16.5. The lowest BCUT2D eigenvalue weighted by Crippen LogP contribution is -2.25. The van der Waals surface area contributed by atoms with E-state index in [9.17, 15) is 20.1 Å². The zero-order chi connectivity index (χ0) is 20.8. The Morgan fingerprint density at radius 2 is 1.71 bits per heavy atom. The van der Waals surface area contributed by atoms with Crippen LogP contribution in [0.5, 0.6) is 0 Å². The van der Waals surface area contributed by atoms with Crippen LogP contribution in [-0.2, 0) is 9.53 Å². The smallest absolute Gasteiger partial charge is 0.303 e. The van der Waals surface area contributed by atoms with Crippen molar-refractivity contribution >= 4 is 5.97 Å². The number of aliphatic carboxylic acids is 1. The highest BCUT2D eigenvalue weighted by Crippen LogP contribution is 2.26. The van der Waals surface area contributed by atoms with E-state index in [0.717, 1.165) is 19.3 Å². The minimum Gasteiger partial charge on any atom is -0.481 e. The molecule has 5 atom stereocenters. The molecule has 0 saturated carbocycles. The largest absolute Gasteiger partial charge is 0.481 e. The van der Waals surface area contributed by atoms with Gasteiger partial charge in [-0.1, -0.05) is 55.5 Å². The van der Waals surface area contributed by atoms with Crippen LogP contribution in [0.15, 0.2) is 48.6 Å². The third kappa shape index (κ3) is 10.6. The summed E-state index contributed by atoms with van der Waals surface area (Å²) in [7, 11) is 0. The maximum absolute atomic E-state index is 10.6. The van der Waals surface area contributed by atoms with E-state index < -0.39 is 36.5 Å². The second-order valence-corrected chi connectivity index (χ2v) is 6.92. The van der Waals surface area contributed by atoms with E-state index in [-0.39, 0.29) is 19.3 Å². The van der Waals surface area contributed by atoms with E-state index in [1.165, 1.54) is 12.2 Å². The lowest BCUT2D eigenvalue weighted by molar-refractivity contribution is -0.138. The zero-order valence-electron chi connectivity index (χ0n) is 16.6. The van der Waals surface area contributed by atoms with Gasteiger partial charge in [-0.15, -0.1) is 0 Å². The van der Waals surface area contributed by atoms with Crippen molar-refractivity contribution in [2.75, 3.05) is 0 Å². The SMILES string of the molecule is CC/C=C\C/C=C\C/C=C\C[C@H](O)/C=C/[C@H](O)[C@H]1C[C@@H](O)[C@@H](CCC(=O)O)O1. The van der Waals surface area contributed by atoms with E-state index in [1.54, 1.807) is 0 Å². The fraction of sp³-hybridized carbons (Fsp3) is 0.591. The van der Waals surface area contributed by atoms with Gasteiger partial charge in [-0.2, -0.15) is 0 Å². The molecule has 1 fully saturated rings. The van der Waals surface area contributed by atoms with Gasteiger partial charge in [0.15, 0.2) is 0 Å². The third-order valence-electron chi connectivity index (χ3n) is 4.46. The molecule has 6 nitrogen and oxygen atoms in total. The molecule has 6 heteroatoms. The molecule has 1 rings (SSSR count). The molecule has 158 valence electrons. The van der Waals surface area contributed by atoms with Crippen molar-refractivity contribution in [1.29, 1.82) is 0 Å². The number of hydrogen-bond donors (Lipinski definition) is 4. The number of ether oxygens (including phenoxy) is 1. The Labute approximate surface area is 167 Å². The highest BCUT2D eigenvalue weighted by Gasteiger charge is 2.36. The summed E-state index contributed by atoms with van der Waals surface area (Å²) in [5, 5.41) is 38.7. The number of carboxylic acid groups (broad SMARTS) is 1. The fourth-order valence-electron chi connectivity index (χ4n) is 2.90. The number of rotatable bonds is 13. The van der Waals surface area contributed by atoms with Crippen molar-refractivity contribution < 1.29 is 30.0 Å². The van der Waals surface area contributed by atoms with Crippen LogP contribution in [0.25, 0.3) is 0 Å². The molecule has 1 heterocycles. The van der Waals surface area contributed by atoms with Gasteiger partial charge in [-0.25, -0.2) is 0 Å². The van der Waals surface area contributed by atoms with Gasteiger partial charge in [-0.05, 0) is 32.1 Å². The molecule has 0 radical (unpaired) electrons. The number of aliphatic hydroxyl groups excluding tert-OH is 3. The Morgan fingerprint density at radius 3 is 2.36 bits per heavy atom. The summed E-state index contributed by atoms with van der Waals surface area (Å²) < 4.78 is 5.56. The molecule has 0 aromatic carbocycles. The zero-order valence-corrected chi connectivity index (χ0v) is 16.6. The molecule has 0 spiro atoms. The molecule has 0 amide bonds. The molecule has 0 unspecified atom stereocenters. The molecule has 4 N–H and O–H groups in total. The van der Waals surface area contributed by atoms with Crippen molar-refractivity contribution in [3.05, 3.63) is 48.6 Å². The van der Waals surface area contributed by atoms with Crippen LogP contribution in [-0.4, -0.2) is 56.9 Å². The quantitative estimate of drug-likeness (QED) is 0.358. The first-order valence-corrected chi connectivity index (χ1v) is 9.98. The highest BCUT2D eigenvalue weighted by molar-refractivity contribution is 5.66. The topological polar surface area (TPSA) is 107 Å². The van der Waals surface area contributed by atoms with Gasteiger partial charge < -0.3 is 25.2 Å². The van der Waals surface area contributed by atoms with E-state index >= 15 is 0 Å². The monoisotopic (exact) mass is 394 g/mol. The van der Waals surface area contributed by atoms with E-state index in [0.29, 0.717) is 6.42 Å². The summed E-state index contributed by atoms with van der Waals surface area (Å²) >= 11 is 0. The van der Waals surface area contributed by atoms with Gasteiger partial charge in [0.1, 0.15) is 0 Å². The summed E-state index contributed by atoms with van der Waals surface area (Å²) in [6.07, 6.45) is 15.3. The standard InChI is InChI=1S/C22H34O6/c1-2-3-4-5-6-7-8-9-10-11-17(23)12-13-18(24)21-16-19(25)20(28-21)14-15-22(26)27/h3-4,6-7,9-10,12-13,17-21,23-25H,2,5,8,11,14-16H2,1H3,(H,26,27)/b4-3-,7-6-,10-9-,13-12+/t17-,18-,19+,20+,21+/m0/s1. The predicted molar refractivity (Wildman–Crippen MR) is 109 cm³/mol. The molecular weight excluding hydrogens is 360 g/mol. The fourth-order valence-corrected chi connectivity index (χ4v) is 2.90. The number of allylic oxidation sites excluding steroid dienone is 5. The predicted octanol–water partition coefficient (Wildman–Crippen LogP) is 2.90. The van der Waals surface area contributed by atoms with Crippen LogP contribution in [0.2, 0.25) is 0 Å². The number of aliphatic hydroxyl groups is 3. The van der Waals surface area contributed by atoms with E-state index in [2.05, 4.69) is 31.2 Å². The first-order valence-electron chi connectivity index (χ1n) is 9.98. The van der Waals surface area contributed by atoms with E-state index in [1.807, 2.05) is 12.2 Å². The van der Waals surface area contributed by atoms with Gasteiger partial charge in [-0.3, -0.25) is 4.79 Å². The van der Waals surface area contributed by atoms with Crippen molar-refractivity contribution in [3.63, 3.8) is 0 Å². The molecule has 0 bridgehead atoms. The molecular formula is C22H34O6. The second kappa shape index (κ2) is 14.3. The van der Waals surface area contributed by atoms with E-state index in [4.69, 9.17) is 9.84 Å². The number of hydrogen-bond acceptors (Lipinski definition) is 5. The van der Waals surface area contributed by atoms with Crippen LogP contribution < -0.4 is 0 Å². The molecule has 1 saturated heterocycles. The van der Waals surface area contributed by atoms with Crippen molar-refractivity contribution in [1.82, 2.24) is 0 Å². The van der Waals surface area contributed by atoms with Gasteiger partial charge in [0.2, 0.25) is 0 Å². The molecule has 28 heavy (non-hydrogen) atoms. The van der Waals surface area contributed by atoms with Crippen LogP contribution in [0.3, 0.4) is 0 Å². The average Bonchev–Trinajstić information content (AvgIpc) is 3.04. The van der Waals surface area contributed by atoms with Gasteiger partial charge in [0.05, 0.1) is 30.5 Å². The Bertz CT molecular complexity index is 551. The molecule has 0 aromatic heterocycles. The summed E-state index contributed by atoms with van der Waals surface area (Å²) in [5.74, 6) is -0.945. The van der Waals surface area contributed by atoms with Gasteiger partial charge in [0, 0.05) is 12.8 Å². The first-order chi connectivity index (χ1) is 13.4. The lowest BCUT2D eigenvalue weighted by atomic mass is 10.0. The minimum absolute atomic E-state index is 0.0872. The Balaban J connectivity index is 2.28. The van der Waals surface area contributed by atoms with Crippen LogP contribution in [0, 0.1) is 0 Å². The maximum atomic E-state index is 10.6. The van der Waals surface area contributed by atoms with Gasteiger partial charge >= 0.3 is 5.97 Å². The molecule has 1 aliphatic heterocycles. The van der Waals surface area contributed by atoms with Crippen LogP contribution >= 0.6 is 0 Å². The summed E-state index contributed by atoms with van der Waals surface area (Å²) in [6, 6.07) is 0. The second-order valence-electron chi connectivity index (χ2n) is 6.92. The van der Waals surface area contributed by atoms with Crippen molar-refractivity contribution in [2.45, 2.75) is 82.4 Å². The van der Waals surface area contributed by atoms with Crippen molar-refractivity contribution in [3.8, 4) is 0 Å². The van der Waals surface area contributed by atoms with Crippen molar-refractivity contribution in [2.24, 2.45) is 0 Å². The van der Waals surface area contributed by atoms with Crippen LogP contribution in [0.1, 0.15) is 51.9 Å². The molecule has 1 aliphatic rings. The van der Waals surface area contributed by atoms with Crippen LogP contribution in [0.4, 0.5) is 0 Å². The summed E-state index contributed by atoms with van der Waals surface area (Å²) in [5.41, 5.74) is 0. The van der Waals surface area contributed by atoms with Gasteiger partial charge in [0.25, 0.3) is 0 Å². The third-order valence-corrected chi connectivity index (χ3v) is 4.46.